The van der Waals surface area contributed by atoms with Crippen molar-refractivity contribution in [1.29, 1.82) is 0 Å². The van der Waals surface area contributed by atoms with E-state index in [1.165, 1.54) is 4.31 Å². The minimum Gasteiger partial charge on any atom is -0.399 e. The Morgan fingerprint density at radius 1 is 1.30 bits per heavy atom. The van der Waals surface area contributed by atoms with Crippen LogP contribution in [0.15, 0.2) is 17.0 Å². The van der Waals surface area contributed by atoms with Crippen LogP contribution in [0.4, 0.5) is 14.5 Å². The van der Waals surface area contributed by atoms with Crippen molar-refractivity contribution in [2.75, 3.05) is 18.8 Å². The molecule has 0 aliphatic carbocycles. The van der Waals surface area contributed by atoms with E-state index in [1.54, 1.807) is 0 Å². The maximum atomic E-state index is 13.7. The average Bonchev–Trinajstić information content (AvgIpc) is 2.42. The van der Waals surface area contributed by atoms with Gasteiger partial charge in [-0.25, -0.2) is 17.2 Å². The standard InChI is InChI=1S/C13H18F2N2O2S/c1-2-9-3-5-17(6-4-9)20(18,19)12-8-10(16)7-11(14)13(12)15/h7-9H,2-6,16H2,1H3. The predicted octanol–water partition coefficient (Wildman–Crippen LogP) is 2.36. The summed E-state index contributed by atoms with van der Waals surface area (Å²) in [6.45, 7) is 2.72. The van der Waals surface area contributed by atoms with Gasteiger partial charge >= 0.3 is 0 Å². The highest BCUT2D eigenvalue weighted by atomic mass is 32.2. The van der Waals surface area contributed by atoms with Gasteiger partial charge in [0.1, 0.15) is 4.90 Å². The maximum absolute atomic E-state index is 13.7. The van der Waals surface area contributed by atoms with Gasteiger partial charge in [0.05, 0.1) is 0 Å². The Bertz CT molecular complexity index is 597. The zero-order chi connectivity index (χ0) is 14.9. The van der Waals surface area contributed by atoms with Crippen molar-refractivity contribution < 1.29 is 17.2 Å². The lowest BCUT2D eigenvalue weighted by Crippen LogP contribution is -2.38. The first-order valence-corrected chi connectivity index (χ1v) is 8.05. The van der Waals surface area contributed by atoms with Crippen LogP contribution in [0, 0.1) is 17.6 Å². The van der Waals surface area contributed by atoms with Crippen LogP contribution in [0.1, 0.15) is 26.2 Å². The molecule has 0 aromatic heterocycles. The highest BCUT2D eigenvalue weighted by Crippen LogP contribution is 2.28. The third-order valence-corrected chi connectivity index (χ3v) is 5.68. The normalized spacial score (nSPS) is 18.4. The van der Waals surface area contributed by atoms with Gasteiger partial charge in [0.25, 0.3) is 0 Å². The van der Waals surface area contributed by atoms with Crippen molar-refractivity contribution >= 4 is 15.7 Å². The van der Waals surface area contributed by atoms with E-state index < -0.39 is 26.6 Å². The van der Waals surface area contributed by atoms with Gasteiger partial charge in [-0.15, -0.1) is 0 Å². The van der Waals surface area contributed by atoms with Gasteiger partial charge in [-0.05, 0) is 30.9 Å². The van der Waals surface area contributed by atoms with Crippen molar-refractivity contribution in [3.8, 4) is 0 Å². The topological polar surface area (TPSA) is 63.4 Å². The second-order valence-corrected chi connectivity index (χ2v) is 6.98. The van der Waals surface area contributed by atoms with Crippen LogP contribution in [-0.2, 0) is 10.0 Å². The highest BCUT2D eigenvalue weighted by molar-refractivity contribution is 7.89. The van der Waals surface area contributed by atoms with Crippen molar-refractivity contribution in [3.63, 3.8) is 0 Å². The monoisotopic (exact) mass is 304 g/mol. The van der Waals surface area contributed by atoms with E-state index in [4.69, 9.17) is 5.73 Å². The smallest absolute Gasteiger partial charge is 0.246 e. The predicted molar refractivity (Wildman–Crippen MR) is 72.5 cm³/mol. The van der Waals surface area contributed by atoms with Crippen LogP contribution in [0.5, 0.6) is 0 Å². The second-order valence-electron chi connectivity index (χ2n) is 5.07. The minimum absolute atomic E-state index is 0.106. The zero-order valence-electron chi connectivity index (χ0n) is 11.3. The van der Waals surface area contributed by atoms with Gasteiger partial charge in [0.2, 0.25) is 10.0 Å². The first kappa shape index (κ1) is 15.2. The number of nitrogens with zero attached hydrogens (tertiary/aromatic N) is 1. The van der Waals surface area contributed by atoms with Crippen LogP contribution < -0.4 is 5.73 Å². The molecular formula is C13H18F2N2O2S. The molecule has 0 unspecified atom stereocenters. The Morgan fingerprint density at radius 3 is 2.45 bits per heavy atom. The van der Waals surface area contributed by atoms with Gasteiger partial charge in [-0.2, -0.15) is 4.31 Å². The summed E-state index contributed by atoms with van der Waals surface area (Å²) in [6.07, 6.45) is 2.47. The van der Waals surface area contributed by atoms with E-state index in [-0.39, 0.29) is 5.69 Å². The minimum atomic E-state index is -4.03. The molecule has 0 atom stereocenters. The number of hydrogen-bond donors (Lipinski definition) is 1. The summed E-state index contributed by atoms with van der Waals surface area (Å²) >= 11 is 0. The number of benzene rings is 1. The summed E-state index contributed by atoms with van der Waals surface area (Å²) in [5, 5.41) is 0. The molecule has 0 saturated carbocycles. The Hall–Kier alpha value is -1.21. The van der Waals surface area contributed by atoms with E-state index in [1.807, 2.05) is 0 Å². The Labute approximate surface area is 117 Å². The van der Waals surface area contributed by atoms with Crippen LogP contribution >= 0.6 is 0 Å². The summed E-state index contributed by atoms with van der Waals surface area (Å²) in [5.41, 5.74) is 5.30. The van der Waals surface area contributed by atoms with Crippen LogP contribution in [0.3, 0.4) is 0 Å². The summed E-state index contributed by atoms with van der Waals surface area (Å²) in [7, 11) is -4.03. The van der Waals surface area contributed by atoms with Crippen molar-refractivity contribution in [3.05, 3.63) is 23.8 Å². The summed E-state index contributed by atoms with van der Waals surface area (Å²) < 4.78 is 53.0. The molecule has 0 spiro atoms. The van der Waals surface area contributed by atoms with E-state index >= 15 is 0 Å². The molecule has 112 valence electrons. The fourth-order valence-electron chi connectivity index (χ4n) is 2.47. The summed E-state index contributed by atoms with van der Waals surface area (Å²) in [6, 6.07) is 1.75. The lowest BCUT2D eigenvalue weighted by atomic mass is 9.96. The number of nitrogen functional groups attached to an aromatic ring is 1. The number of hydrogen-bond acceptors (Lipinski definition) is 3. The first-order valence-electron chi connectivity index (χ1n) is 6.61. The van der Waals surface area contributed by atoms with Gasteiger partial charge < -0.3 is 5.73 Å². The number of nitrogens with two attached hydrogens (primary N) is 1. The molecule has 0 bridgehead atoms. The van der Waals surface area contributed by atoms with Crippen LogP contribution in [-0.4, -0.2) is 25.8 Å². The molecule has 1 fully saturated rings. The van der Waals surface area contributed by atoms with Gasteiger partial charge in [0, 0.05) is 18.8 Å². The van der Waals surface area contributed by atoms with Gasteiger partial charge in [-0.3, -0.25) is 0 Å². The van der Waals surface area contributed by atoms with Crippen molar-refractivity contribution in [2.45, 2.75) is 31.1 Å². The molecule has 4 nitrogen and oxygen atoms in total. The molecule has 7 heteroatoms. The van der Waals surface area contributed by atoms with Crippen LogP contribution in [0.25, 0.3) is 0 Å². The molecule has 1 aliphatic rings. The molecule has 20 heavy (non-hydrogen) atoms. The van der Waals surface area contributed by atoms with Crippen LogP contribution in [0.2, 0.25) is 0 Å². The molecule has 1 heterocycles. The fourth-order valence-corrected chi connectivity index (χ4v) is 4.05. The van der Waals surface area contributed by atoms with E-state index in [0.29, 0.717) is 19.0 Å². The van der Waals surface area contributed by atoms with E-state index in [9.17, 15) is 17.2 Å². The molecular weight excluding hydrogens is 286 g/mol. The maximum Gasteiger partial charge on any atom is 0.246 e. The molecule has 2 N–H and O–H groups in total. The average molecular weight is 304 g/mol. The van der Waals surface area contributed by atoms with Gasteiger partial charge in [-0.1, -0.05) is 13.3 Å². The van der Waals surface area contributed by atoms with Crippen molar-refractivity contribution in [1.82, 2.24) is 4.31 Å². The summed E-state index contributed by atoms with van der Waals surface area (Å²) in [4.78, 5) is -0.676. The number of halogens is 2. The third-order valence-electron chi connectivity index (χ3n) is 3.79. The third kappa shape index (κ3) is 2.78. The molecule has 1 aromatic carbocycles. The number of sulfonamides is 1. The SMILES string of the molecule is CCC1CCN(S(=O)(=O)c2cc(N)cc(F)c2F)CC1. The number of piperidine rings is 1. The van der Waals surface area contributed by atoms with E-state index in [0.717, 1.165) is 31.4 Å². The Balaban J connectivity index is 2.32. The molecule has 0 radical (unpaired) electrons. The fraction of sp³-hybridized carbons (Fsp3) is 0.538. The van der Waals surface area contributed by atoms with Crippen molar-refractivity contribution in [2.24, 2.45) is 5.92 Å². The quantitative estimate of drug-likeness (QED) is 0.872. The Morgan fingerprint density at radius 2 is 1.90 bits per heavy atom. The lowest BCUT2D eigenvalue weighted by molar-refractivity contribution is 0.268. The number of rotatable bonds is 3. The zero-order valence-corrected chi connectivity index (χ0v) is 12.1. The number of anilines is 1. The molecule has 1 aliphatic heterocycles. The second kappa shape index (κ2) is 5.65. The lowest BCUT2D eigenvalue weighted by Gasteiger charge is -2.30. The molecule has 2 rings (SSSR count). The summed E-state index contributed by atoms with van der Waals surface area (Å²) in [5.74, 6) is -2.12. The first-order chi connectivity index (χ1) is 9.36. The molecule has 0 amide bonds. The van der Waals surface area contributed by atoms with Gasteiger partial charge in [0.15, 0.2) is 11.6 Å². The Kier molecular flexibility index (Phi) is 4.29. The largest absolute Gasteiger partial charge is 0.399 e. The molecule has 1 aromatic rings. The molecule has 1 saturated heterocycles. The van der Waals surface area contributed by atoms with E-state index in [2.05, 4.69) is 6.92 Å². The highest BCUT2D eigenvalue weighted by Gasteiger charge is 2.32.